The Morgan fingerprint density at radius 3 is 2.69 bits per heavy atom. The van der Waals surface area contributed by atoms with E-state index < -0.39 is 0 Å². The fourth-order valence-electron chi connectivity index (χ4n) is 3.57. The van der Waals surface area contributed by atoms with Crippen molar-refractivity contribution in [2.45, 2.75) is 77.4 Å². The molecule has 0 aromatic carbocycles. The van der Waals surface area contributed by atoms with E-state index in [1.807, 2.05) is 20.2 Å². The average molecular weight is 467 g/mol. The van der Waals surface area contributed by atoms with E-state index in [0.29, 0.717) is 24.4 Å². The highest BCUT2D eigenvalue weighted by Gasteiger charge is 2.20. The predicted molar refractivity (Wildman–Crippen MR) is 131 cm³/mol. The molecule has 0 radical (unpaired) electrons. The standard InChI is InChI=1S/C19H28N6O2S.C2H6.CH4O/c1-13(4-3-8-27-19(28)24-14-5-2-6-14)25-12-22-16-17(20-11-21-18(16)25)23-15-7-9-26-10-15;2*1-2/h11-15H,2-10H2,1H3,(H,24,28)(H,20,21,23);1-2H3;2H,1H3/t13?,15-;;/m1../s1. The molecule has 1 saturated heterocycles. The zero-order valence-electron chi connectivity index (χ0n) is 19.7. The molecule has 0 spiro atoms. The molecule has 3 N–H and O–H groups in total. The number of ether oxygens (including phenoxy) is 2. The molecule has 4 rings (SSSR count). The van der Waals surface area contributed by atoms with Crippen LogP contribution >= 0.6 is 12.2 Å². The molecule has 0 amide bonds. The second-order valence-corrected chi connectivity index (χ2v) is 8.02. The van der Waals surface area contributed by atoms with Crippen LogP contribution in [0.25, 0.3) is 11.2 Å². The maximum atomic E-state index is 7.00. The lowest BCUT2D eigenvalue weighted by molar-refractivity contribution is 0.195. The van der Waals surface area contributed by atoms with E-state index in [2.05, 4.69) is 37.1 Å². The predicted octanol–water partition coefficient (Wildman–Crippen LogP) is 3.45. The van der Waals surface area contributed by atoms with Crippen LogP contribution in [-0.2, 0) is 9.47 Å². The quantitative estimate of drug-likeness (QED) is 0.398. The lowest BCUT2D eigenvalue weighted by Gasteiger charge is -2.27. The number of imidazole rings is 1. The van der Waals surface area contributed by atoms with Crippen LogP contribution in [0.15, 0.2) is 12.7 Å². The number of aromatic nitrogens is 4. The van der Waals surface area contributed by atoms with E-state index in [0.717, 1.165) is 50.0 Å². The molecule has 9 nitrogen and oxygen atoms in total. The number of aliphatic hydroxyl groups is 1. The molecule has 1 unspecified atom stereocenters. The van der Waals surface area contributed by atoms with E-state index in [9.17, 15) is 0 Å². The Kier molecular flexibility index (Phi) is 11.6. The first-order valence-corrected chi connectivity index (χ1v) is 12.0. The van der Waals surface area contributed by atoms with Crippen molar-refractivity contribution in [3.8, 4) is 0 Å². The summed E-state index contributed by atoms with van der Waals surface area (Å²) in [5.74, 6) is 0.780. The second kappa shape index (κ2) is 14.2. The zero-order valence-corrected chi connectivity index (χ0v) is 20.5. The first-order valence-electron chi connectivity index (χ1n) is 11.6. The molecule has 2 fully saturated rings. The summed E-state index contributed by atoms with van der Waals surface area (Å²) in [6.45, 7) is 8.30. The van der Waals surface area contributed by atoms with Crippen LogP contribution in [0.3, 0.4) is 0 Å². The number of thiocarbonyl (C=S) groups is 1. The van der Waals surface area contributed by atoms with Crippen molar-refractivity contribution in [1.82, 2.24) is 24.8 Å². The van der Waals surface area contributed by atoms with E-state index in [4.69, 9.17) is 26.8 Å². The van der Waals surface area contributed by atoms with Gasteiger partial charge >= 0.3 is 0 Å². The second-order valence-electron chi connectivity index (χ2n) is 7.65. The molecular formula is C22H38N6O3S. The van der Waals surface area contributed by atoms with Crippen molar-refractivity contribution in [3.05, 3.63) is 12.7 Å². The summed E-state index contributed by atoms with van der Waals surface area (Å²) in [6, 6.07) is 1.07. The topological polar surface area (TPSA) is 106 Å². The fourth-order valence-corrected chi connectivity index (χ4v) is 3.82. The molecule has 2 aromatic heterocycles. The number of nitrogens with one attached hydrogen (secondary N) is 2. The van der Waals surface area contributed by atoms with Crippen molar-refractivity contribution >= 4 is 34.4 Å². The van der Waals surface area contributed by atoms with Gasteiger partial charge in [-0.3, -0.25) is 0 Å². The highest BCUT2D eigenvalue weighted by molar-refractivity contribution is 7.80. The van der Waals surface area contributed by atoms with Gasteiger partial charge in [-0.25, -0.2) is 15.0 Å². The van der Waals surface area contributed by atoms with Crippen LogP contribution in [0.4, 0.5) is 5.82 Å². The molecule has 3 heterocycles. The van der Waals surface area contributed by atoms with Gasteiger partial charge in [0.2, 0.25) is 0 Å². The Balaban J connectivity index is 0.000000860. The largest absolute Gasteiger partial charge is 0.471 e. The Hall–Kier alpha value is -2.04. The third-order valence-electron chi connectivity index (χ3n) is 5.53. The van der Waals surface area contributed by atoms with Gasteiger partial charge in [0.15, 0.2) is 11.5 Å². The van der Waals surface area contributed by atoms with Crippen LogP contribution in [-0.4, -0.2) is 68.8 Å². The molecule has 0 bridgehead atoms. The Morgan fingerprint density at radius 1 is 1.25 bits per heavy atom. The lowest BCUT2D eigenvalue weighted by Crippen LogP contribution is -2.39. The first kappa shape index (κ1) is 26.2. The summed E-state index contributed by atoms with van der Waals surface area (Å²) >= 11 is 5.24. The van der Waals surface area contributed by atoms with Crippen molar-refractivity contribution < 1.29 is 14.6 Å². The normalized spacial score (nSPS) is 18.5. The number of rotatable bonds is 8. The minimum atomic E-state index is 0.263. The molecular weight excluding hydrogens is 428 g/mol. The molecule has 1 aliphatic heterocycles. The minimum absolute atomic E-state index is 0.263. The van der Waals surface area contributed by atoms with E-state index in [1.54, 1.807) is 6.33 Å². The number of fused-ring (bicyclic) bond motifs is 1. The van der Waals surface area contributed by atoms with Crippen LogP contribution in [0.2, 0.25) is 0 Å². The van der Waals surface area contributed by atoms with E-state index >= 15 is 0 Å². The van der Waals surface area contributed by atoms with Crippen LogP contribution in [0.5, 0.6) is 0 Å². The summed E-state index contributed by atoms with van der Waals surface area (Å²) in [7, 11) is 1.00. The molecule has 2 atom stereocenters. The van der Waals surface area contributed by atoms with Crippen molar-refractivity contribution in [2.75, 3.05) is 32.2 Å². The highest BCUT2D eigenvalue weighted by Crippen LogP contribution is 2.24. The molecule has 2 aliphatic rings. The van der Waals surface area contributed by atoms with Gasteiger partial charge in [-0.1, -0.05) is 13.8 Å². The summed E-state index contributed by atoms with van der Waals surface area (Å²) in [5, 5.41) is 14.2. The van der Waals surface area contributed by atoms with Gasteiger partial charge in [-0.05, 0) is 57.7 Å². The summed E-state index contributed by atoms with van der Waals surface area (Å²) in [6.07, 6.45) is 9.99. The Morgan fingerprint density at radius 2 is 2.03 bits per heavy atom. The number of anilines is 1. The summed E-state index contributed by atoms with van der Waals surface area (Å²) in [5.41, 5.74) is 1.66. The number of hydrogen-bond acceptors (Lipinski definition) is 8. The Labute approximate surface area is 196 Å². The lowest BCUT2D eigenvalue weighted by atomic mass is 9.93. The fraction of sp³-hybridized carbons (Fsp3) is 0.727. The molecule has 180 valence electrons. The van der Waals surface area contributed by atoms with Gasteiger partial charge in [0, 0.05) is 25.8 Å². The summed E-state index contributed by atoms with van der Waals surface area (Å²) in [4.78, 5) is 13.4. The van der Waals surface area contributed by atoms with E-state index in [-0.39, 0.29) is 12.1 Å². The number of aliphatic hydroxyl groups excluding tert-OH is 1. The molecule has 32 heavy (non-hydrogen) atoms. The minimum Gasteiger partial charge on any atom is -0.471 e. The van der Waals surface area contributed by atoms with Gasteiger partial charge in [-0.2, -0.15) is 0 Å². The zero-order chi connectivity index (χ0) is 23.3. The monoisotopic (exact) mass is 466 g/mol. The maximum Gasteiger partial charge on any atom is 0.256 e. The maximum absolute atomic E-state index is 7.00. The third kappa shape index (κ3) is 7.25. The Bertz CT molecular complexity index is 808. The van der Waals surface area contributed by atoms with Crippen LogP contribution in [0.1, 0.15) is 65.3 Å². The molecule has 10 heteroatoms. The summed E-state index contributed by atoms with van der Waals surface area (Å²) < 4.78 is 13.2. The van der Waals surface area contributed by atoms with Crippen LogP contribution < -0.4 is 10.6 Å². The first-order chi connectivity index (χ1) is 15.7. The number of hydrogen-bond donors (Lipinski definition) is 3. The van der Waals surface area contributed by atoms with Crippen LogP contribution in [0, 0.1) is 0 Å². The van der Waals surface area contributed by atoms with Gasteiger partial charge < -0.3 is 29.8 Å². The van der Waals surface area contributed by atoms with Gasteiger partial charge in [-0.15, -0.1) is 0 Å². The van der Waals surface area contributed by atoms with Gasteiger partial charge in [0.05, 0.1) is 25.6 Å². The SMILES string of the molecule is CC.CC(CCCOC(=S)NC1CCC1)n1cnc2c(N[C@@H]3CCOC3)ncnc21.CO. The molecule has 1 aliphatic carbocycles. The van der Waals surface area contributed by atoms with Crippen molar-refractivity contribution in [1.29, 1.82) is 0 Å². The van der Waals surface area contributed by atoms with E-state index in [1.165, 1.54) is 19.3 Å². The molecule has 1 saturated carbocycles. The molecule has 2 aromatic rings. The third-order valence-corrected chi connectivity index (χ3v) is 5.77. The highest BCUT2D eigenvalue weighted by atomic mass is 32.1. The van der Waals surface area contributed by atoms with Crippen molar-refractivity contribution in [2.24, 2.45) is 0 Å². The van der Waals surface area contributed by atoms with Gasteiger partial charge in [0.25, 0.3) is 5.17 Å². The van der Waals surface area contributed by atoms with Gasteiger partial charge in [0.1, 0.15) is 11.8 Å². The number of nitrogens with zero attached hydrogens (tertiary/aromatic N) is 4. The smallest absolute Gasteiger partial charge is 0.256 e. The average Bonchev–Trinajstić information content (AvgIpc) is 3.47. The van der Waals surface area contributed by atoms with Crippen molar-refractivity contribution in [3.63, 3.8) is 0 Å².